The summed E-state index contributed by atoms with van der Waals surface area (Å²) >= 11 is 0. The van der Waals surface area contributed by atoms with E-state index in [4.69, 9.17) is 0 Å². The Kier molecular flexibility index (Phi) is 5.71. The van der Waals surface area contributed by atoms with Gasteiger partial charge in [0, 0.05) is 25.4 Å². The molecule has 0 saturated heterocycles. The summed E-state index contributed by atoms with van der Waals surface area (Å²) in [5.41, 5.74) is -0.603. The zero-order valence-corrected chi connectivity index (χ0v) is 14.7. The SMILES string of the molecule is C[C@H](NS(=O)(=O)c1ccccc1C(F)(F)F)C(=O)NCc1cnn(C)c1. The number of rotatable bonds is 6. The molecular weight excluding hydrogens is 373 g/mol. The minimum Gasteiger partial charge on any atom is -0.351 e. The molecule has 1 heterocycles. The lowest BCUT2D eigenvalue weighted by Gasteiger charge is -2.17. The summed E-state index contributed by atoms with van der Waals surface area (Å²) in [6, 6.07) is 2.51. The normalized spacial score (nSPS) is 13.4. The first kappa shape index (κ1) is 19.9. The monoisotopic (exact) mass is 390 g/mol. The van der Waals surface area contributed by atoms with Crippen molar-refractivity contribution in [3.05, 3.63) is 47.8 Å². The molecule has 2 N–H and O–H groups in total. The van der Waals surface area contributed by atoms with E-state index in [1.165, 1.54) is 23.9 Å². The average Bonchev–Trinajstić information content (AvgIpc) is 2.97. The number of hydrogen-bond acceptors (Lipinski definition) is 4. The molecule has 0 aliphatic carbocycles. The van der Waals surface area contributed by atoms with Crippen LogP contribution < -0.4 is 10.0 Å². The third-order valence-electron chi connectivity index (χ3n) is 3.43. The summed E-state index contributed by atoms with van der Waals surface area (Å²) in [5.74, 6) is -0.679. The Balaban J connectivity index is 2.10. The highest BCUT2D eigenvalue weighted by molar-refractivity contribution is 7.89. The van der Waals surface area contributed by atoms with Crippen LogP contribution in [0.2, 0.25) is 0 Å². The number of hydrogen-bond donors (Lipinski definition) is 2. The second kappa shape index (κ2) is 7.46. The van der Waals surface area contributed by atoms with Crippen LogP contribution in [0.3, 0.4) is 0 Å². The molecule has 2 rings (SSSR count). The first-order valence-electron chi connectivity index (χ1n) is 7.44. The number of carbonyl (C=O) groups is 1. The summed E-state index contributed by atoms with van der Waals surface area (Å²) in [6.07, 6.45) is -1.65. The van der Waals surface area contributed by atoms with Gasteiger partial charge in [-0.25, -0.2) is 8.42 Å². The van der Waals surface area contributed by atoms with E-state index in [2.05, 4.69) is 10.4 Å². The standard InChI is InChI=1S/C15H17F3N4O3S/c1-10(14(23)19-7-11-8-20-22(2)9-11)21-26(24,25)13-6-4-3-5-12(13)15(16,17)18/h3-6,8-10,21H,7H2,1-2H3,(H,19,23)/t10-/m0/s1. The molecule has 11 heteroatoms. The zero-order chi connectivity index (χ0) is 19.5. The van der Waals surface area contributed by atoms with Crippen LogP contribution in [0.15, 0.2) is 41.6 Å². The van der Waals surface area contributed by atoms with Crippen molar-refractivity contribution in [2.45, 2.75) is 30.6 Å². The number of benzene rings is 1. The summed E-state index contributed by atoms with van der Waals surface area (Å²) in [7, 11) is -2.85. The quantitative estimate of drug-likeness (QED) is 0.780. The summed E-state index contributed by atoms with van der Waals surface area (Å²) in [6.45, 7) is 1.35. The van der Waals surface area contributed by atoms with Crippen LogP contribution in [0.25, 0.3) is 0 Å². The van der Waals surface area contributed by atoms with Crippen molar-refractivity contribution in [3.8, 4) is 0 Å². The molecule has 0 aliphatic heterocycles. The van der Waals surface area contributed by atoms with Crippen LogP contribution in [0.5, 0.6) is 0 Å². The molecule has 0 unspecified atom stereocenters. The second-order valence-corrected chi connectivity index (χ2v) is 7.26. The Morgan fingerprint density at radius 3 is 2.54 bits per heavy atom. The number of amides is 1. The summed E-state index contributed by atoms with van der Waals surface area (Å²) in [5, 5.41) is 6.41. The van der Waals surface area contributed by atoms with Crippen molar-refractivity contribution in [1.29, 1.82) is 0 Å². The maximum Gasteiger partial charge on any atom is 0.417 e. The third kappa shape index (κ3) is 4.82. The molecule has 7 nitrogen and oxygen atoms in total. The van der Waals surface area contributed by atoms with Gasteiger partial charge >= 0.3 is 6.18 Å². The molecule has 0 aliphatic rings. The van der Waals surface area contributed by atoms with E-state index < -0.39 is 38.6 Å². The fourth-order valence-electron chi connectivity index (χ4n) is 2.19. The van der Waals surface area contributed by atoms with Gasteiger partial charge in [-0.1, -0.05) is 12.1 Å². The fourth-order valence-corrected chi connectivity index (χ4v) is 3.62. The molecular formula is C15H17F3N4O3S. The number of nitrogens with zero attached hydrogens (tertiary/aromatic N) is 2. The van der Waals surface area contributed by atoms with Crippen LogP contribution in [-0.4, -0.2) is 30.1 Å². The lowest BCUT2D eigenvalue weighted by Crippen LogP contribution is -2.44. The van der Waals surface area contributed by atoms with Crippen molar-refractivity contribution in [2.24, 2.45) is 7.05 Å². The Morgan fingerprint density at radius 2 is 1.96 bits per heavy atom. The van der Waals surface area contributed by atoms with Crippen molar-refractivity contribution < 1.29 is 26.4 Å². The summed E-state index contributed by atoms with van der Waals surface area (Å²) in [4.78, 5) is 11.1. The van der Waals surface area contributed by atoms with Crippen LogP contribution in [0.4, 0.5) is 13.2 Å². The number of aromatic nitrogens is 2. The molecule has 1 atom stereocenters. The molecule has 1 aromatic heterocycles. The van der Waals surface area contributed by atoms with E-state index in [1.807, 2.05) is 4.72 Å². The lowest BCUT2D eigenvalue weighted by molar-refractivity contribution is -0.139. The van der Waals surface area contributed by atoms with Crippen molar-refractivity contribution in [3.63, 3.8) is 0 Å². The van der Waals surface area contributed by atoms with Gasteiger partial charge in [0.25, 0.3) is 0 Å². The van der Waals surface area contributed by atoms with E-state index in [-0.39, 0.29) is 6.54 Å². The minimum absolute atomic E-state index is 0.109. The van der Waals surface area contributed by atoms with Gasteiger partial charge in [0.15, 0.2) is 0 Å². The van der Waals surface area contributed by atoms with Crippen molar-refractivity contribution in [1.82, 2.24) is 19.8 Å². The average molecular weight is 390 g/mol. The fraction of sp³-hybridized carbons (Fsp3) is 0.333. The van der Waals surface area contributed by atoms with Crippen LogP contribution in [-0.2, 0) is 34.6 Å². The number of halogens is 3. The first-order valence-corrected chi connectivity index (χ1v) is 8.93. The van der Waals surface area contributed by atoms with E-state index in [9.17, 15) is 26.4 Å². The predicted octanol–water partition coefficient (Wildman–Crippen LogP) is 1.42. The maximum absolute atomic E-state index is 13.0. The number of alkyl halides is 3. The highest BCUT2D eigenvalue weighted by atomic mass is 32.2. The minimum atomic E-state index is -4.84. The van der Waals surface area contributed by atoms with E-state index in [0.717, 1.165) is 12.1 Å². The Bertz CT molecular complexity index is 894. The molecule has 0 radical (unpaired) electrons. The molecule has 1 amide bonds. The van der Waals surface area contributed by atoms with Gasteiger partial charge in [0.05, 0.1) is 22.7 Å². The van der Waals surface area contributed by atoms with Gasteiger partial charge in [0.2, 0.25) is 15.9 Å². The van der Waals surface area contributed by atoms with E-state index in [1.54, 1.807) is 13.2 Å². The van der Waals surface area contributed by atoms with E-state index in [0.29, 0.717) is 11.6 Å². The van der Waals surface area contributed by atoms with E-state index >= 15 is 0 Å². The van der Waals surface area contributed by atoms with Gasteiger partial charge in [-0.2, -0.15) is 23.0 Å². The van der Waals surface area contributed by atoms with Gasteiger partial charge in [-0.05, 0) is 19.1 Å². The lowest BCUT2D eigenvalue weighted by atomic mass is 10.2. The molecule has 0 saturated carbocycles. The summed E-state index contributed by atoms with van der Waals surface area (Å²) < 4.78 is 67.1. The second-order valence-electron chi connectivity index (χ2n) is 5.58. The molecule has 0 bridgehead atoms. The number of carbonyl (C=O) groups excluding carboxylic acids is 1. The van der Waals surface area contributed by atoms with Gasteiger partial charge in [-0.15, -0.1) is 0 Å². The molecule has 0 spiro atoms. The number of aryl methyl sites for hydroxylation is 1. The highest BCUT2D eigenvalue weighted by Gasteiger charge is 2.37. The first-order chi connectivity index (χ1) is 12.0. The molecule has 2 aromatic rings. The predicted molar refractivity (Wildman–Crippen MR) is 86.3 cm³/mol. The Morgan fingerprint density at radius 1 is 1.31 bits per heavy atom. The molecule has 0 fully saturated rings. The topological polar surface area (TPSA) is 93.1 Å². The van der Waals surface area contributed by atoms with Crippen molar-refractivity contribution >= 4 is 15.9 Å². The molecule has 1 aromatic carbocycles. The van der Waals surface area contributed by atoms with Crippen LogP contribution >= 0.6 is 0 Å². The number of nitrogens with one attached hydrogen (secondary N) is 2. The van der Waals surface area contributed by atoms with Crippen LogP contribution in [0.1, 0.15) is 18.1 Å². The third-order valence-corrected chi connectivity index (χ3v) is 5.03. The number of sulfonamides is 1. The van der Waals surface area contributed by atoms with Gasteiger partial charge in [0.1, 0.15) is 0 Å². The van der Waals surface area contributed by atoms with Gasteiger partial charge < -0.3 is 5.32 Å². The van der Waals surface area contributed by atoms with Crippen molar-refractivity contribution in [2.75, 3.05) is 0 Å². The molecule has 26 heavy (non-hydrogen) atoms. The smallest absolute Gasteiger partial charge is 0.351 e. The molecule has 142 valence electrons. The van der Waals surface area contributed by atoms with Gasteiger partial charge in [-0.3, -0.25) is 9.48 Å². The highest BCUT2D eigenvalue weighted by Crippen LogP contribution is 2.33. The Hall–Kier alpha value is -2.40. The largest absolute Gasteiger partial charge is 0.417 e. The zero-order valence-electron chi connectivity index (χ0n) is 13.9. The Labute approximate surface area is 148 Å². The maximum atomic E-state index is 13.0. The van der Waals surface area contributed by atoms with Crippen LogP contribution in [0, 0.1) is 0 Å².